The van der Waals surface area contributed by atoms with Crippen molar-refractivity contribution in [1.82, 2.24) is 20.2 Å². The largest absolute Gasteiger partial charge is 0.356 e. The van der Waals surface area contributed by atoms with Gasteiger partial charge in [-0.25, -0.2) is 0 Å². The normalized spacial score (nSPS) is 16.4. The molecule has 6 nitrogen and oxygen atoms in total. The zero-order valence-corrected chi connectivity index (χ0v) is 12.3. The molecule has 1 aliphatic rings. The first kappa shape index (κ1) is 13.1. The highest BCUT2D eigenvalue weighted by molar-refractivity contribution is 5.87. The van der Waals surface area contributed by atoms with Gasteiger partial charge >= 0.3 is 0 Å². The van der Waals surface area contributed by atoms with Crippen LogP contribution in [-0.2, 0) is 0 Å². The lowest BCUT2D eigenvalue weighted by Gasteiger charge is -2.26. The van der Waals surface area contributed by atoms with Gasteiger partial charge in [0.1, 0.15) is 5.82 Å². The summed E-state index contributed by atoms with van der Waals surface area (Å²) in [6.45, 7) is 5.27. The third kappa shape index (κ3) is 2.42. The molecule has 108 valence electrons. The van der Waals surface area contributed by atoms with Gasteiger partial charge in [0, 0.05) is 19.6 Å². The van der Waals surface area contributed by atoms with Gasteiger partial charge in [-0.15, -0.1) is 0 Å². The van der Waals surface area contributed by atoms with Crippen molar-refractivity contribution in [3.8, 4) is 0 Å². The fraction of sp³-hybridized carbons (Fsp3) is 0.643. The number of aromatic amines is 1. The summed E-state index contributed by atoms with van der Waals surface area (Å²) in [7, 11) is 2.11. The highest BCUT2D eigenvalue weighted by Gasteiger charge is 2.32. The third-order valence-electron chi connectivity index (χ3n) is 4.07. The first-order chi connectivity index (χ1) is 9.70. The van der Waals surface area contributed by atoms with E-state index in [9.17, 15) is 0 Å². The molecule has 1 atom stereocenters. The second kappa shape index (κ2) is 5.26. The van der Waals surface area contributed by atoms with E-state index in [0.29, 0.717) is 12.0 Å². The fourth-order valence-electron chi connectivity index (χ4n) is 2.49. The van der Waals surface area contributed by atoms with Crippen LogP contribution in [-0.4, -0.2) is 39.8 Å². The maximum atomic E-state index is 4.69. The monoisotopic (exact) mass is 274 g/mol. The lowest BCUT2D eigenvalue weighted by atomic mass is 10.2. The number of anilines is 2. The van der Waals surface area contributed by atoms with E-state index in [1.54, 1.807) is 0 Å². The van der Waals surface area contributed by atoms with Crippen molar-refractivity contribution < 1.29 is 0 Å². The van der Waals surface area contributed by atoms with E-state index in [1.165, 1.54) is 12.8 Å². The molecule has 1 fully saturated rings. The molecule has 0 radical (unpaired) electrons. The van der Waals surface area contributed by atoms with E-state index < -0.39 is 0 Å². The van der Waals surface area contributed by atoms with Crippen molar-refractivity contribution in [2.75, 3.05) is 23.8 Å². The Labute approximate surface area is 119 Å². The first-order valence-electron chi connectivity index (χ1n) is 7.38. The van der Waals surface area contributed by atoms with Crippen molar-refractivity contribution >= 4 is 22.8 Å². The Morgan fingerprint density at radius 3 is 2.95 bits per heavy atom. The van der Waals surface area contributed by atoms with Crippen LogP contribution in [0.25, 0.3) is 11.0 Å². The van der Waals surface area contributed by atoms with E-state index >= 15 is 0 Å². The number of H-pyrrole nitrogens is 1. The van der Waals surface area contributed by atoms with E-state index in [2.05, 4.69) is 51.3 Å². The Bertz CT molecular complexity index is 588. The average Bonchev–Trinajstić information content (AvgIpc) is 3.20. The smallest absolute Gasteiger partial charge is 0.226 e. The van der Waals surface area contributed by atoms with Gasteiger partial charge < -0.3 is 10.2 Å². The van der Waals surface area contributed by atoms with Crippen LogP contribution in [0.2, 0.25) is 0 Å². The van der Waals surface area contributed by atoms with Gasteiger partial charge in [0.2, 0.25) is 5.95 Å². The van der Waals surface area contributed by atoms with E-state index in [0.717, 1.165) is 35.7 Å². The molecule has 0 aliphatic heterocycles. The minimum atomic E-state index is 0.502. The average molecular weight is 274 g/mol. The number of aromatic nitrogens is 4. The van der Waals surface area contributed by atoms with E-state index in [4.69, 9.17) is 0 Å². The van der Waals surface area contributed by atoms with Crippen molar-refractivity contribution in [3.63, 3.8) is 0 Å². The van der Waals surface area contributed by atoms with Gasteiger partial charge in [-0.1, -0.05) is 6.92 Å². The number of nitrogens with zero attached hydrogens (tertiary/aromatic N) is 4. The molecule has 0 amide bonds. The van der Waals surface area contributed by atoms with Crippen LogP contribution < -0.4 is 10.2 Å². The molecule has 0 aromatic carbocycles. The van der Waals surface area contributed by atoms with Crippen molar-refractivity contribution in [2.24, 2.45) is 5.92 Å². The maximum Gasteiger partial charge on any atom is 0.226 e. The van der Waals surface area contributed by atoms with Crippen LogP contribution in [0.1, 0.15) is 33.1 Å². The number of hydrogen-bond donors (Lipinski definition) is 2. The molecule has 2 N–H and O–H groups in total. The molecule has 1 saturated carbocycles. The quantitative estimate of drug-likeness (QED) is 0.846. The van der Waals surface area contributed by atoms with Crippen molar-refractivity contribution in [3.05, 3.63) is 6.20 Å². The molecule has 1 unspecified atom stereocenters. The van der Waals surface area contributed by atoms with Crippen molar-refractivity contribution in [2.45, 2.75) is 39.2 Å². The second-order valence-corrected chi connectivity index (χ2v) is 5.62. The molecule has 20 heavy (non-hydrogen) atoms. The van der Waals surface area contributed by atoms with Gasteiger partial charge in [-0.2, -0.15) is 15.1 Å². The molecular weight excluding hydrogens is 252 g/mol. The molecule has 2 aromatic heterocycles. The van der Waals surface area contributed by atoms with Crippen LogP contribution in [0.15, 0.2) is 6.20 Å². The molecule has 2 heterocycles. The van der Waals surface area contributed by atoms with Crippen LogP contribution in [0.4, 0.5) is 11.8 Å². The highest BCUT2D eigenvalue weighted by Crippen LogP contribution is 2.37. The number of rotatable bonds is 6. The summed E-state index contributed by atoms with van der Waals surface area (Å²) in [4.78, 5) is 11.4. The van der Waals surface area contributed by atoms with Crippen LogP contribution in [0.3, 0.4) is 0 Å². The van der Waals surface area contributed by atoms with Gasteiger partial charge in [0.25, 0.3) is 0 Å². The predicted octanol–water partition coefficient (Wildman–Crippen LogP) is 2.41. The van der Waals surface area contributed by atoms with Gasteiger partial charge in [-0.05, 0) is 32.1 Å². The zero-order valence-electron chi connectivity index (χ0n) is 12.3. The fourth-order valence-corrected chi connectivity index (χ4v) is 2.49. The maximum absolute atomic E-state index is 4.69. The van der Waals surface area contributed by atoms with Gasteiger partial charge in [0.05, 0.1) is 11.6 Å². The first-order valence-corrected chi connectivity index (χ1v) is 7.38. The summed E-state index contributed by atoms with van der Waals surface area (Å²) >= 11 is 0. The number of fused-ring (bicyclic) bond motifs is 1. The summed E-state index contributed by atoms with van der Waals surface area (Å²) < 4.78 is 0. The second-order valence-electron chi connectivity index (χ2n) is 5.62. The zero-order chi connectivity index (χ0) is 14.1. The lowest BCUT2D eigenvalue weighted by Crippen LogP contribution is -2.31. The Morgan fingerprint density at radius 1 is 1.45 bits per heavy atom. The molecule has 2 aromatic rings. The van der Waals surface area contributed by atoms with E-state index in [-0.39, 0.29) is 0 Å². The minimum Gasteiger partial charge on any atom is -0.356 e. The number of nitrogens with one attached hydrogen (secondary N) is 2. The van der Waals surface area contributed by atoms with Crippen LogP contribution >= 0.6 is 0 Å². The molecule has 0 bridgehead atoms. The molecule has 3 rings (SSSR count). The predicted molar refractivity (Wildman–Crippen MR) is 81.1 cm³/mol. The summed E-state index contributed by atoms with van der Waals surface area (Å²) in [6, 6.07) is 0.502. The van der Waals surface area contributed by atoms with Gasteiger partial charge in [-0.3, -0.25) is 5.10 Å². The molecular formula is C14H22N6. The minimum absolute atomic E-state index is 0.502. The summed E-state index contributed by atoms with van der Waals surface area (Å²) in [5.74, 6) is 2.43. The standard InChI is InChI=1S/C14H22N6/c1-4-7-15-14-17-12-11(8-16-19-12)13(18-14)20(3)9(2)10-5-6-10/h8-10H,4-7H2,1-3H3,(H2,15,16,17,18,19). The van der Waals surface area contributed by atoms with E-state index in [1.807, 2.05) is 6.20 Å². The Hall–Kier alpha value is -1.85. The molecule has 0 spiro atoms. The number of hydrogen-bond acceptors (Lipinski definition) is 5. The van der Waals surface area contributed by atoms with Crippen LogP contribution in [0, 0.1) is 5.92 Å². The van der Waals surface area contributed by atoms with Crippen molar-refractivity contribution in [1.29, 1.82) is 0 Å². The molecule has 0 saturated heterocycles. The lowest BCUT2D eigenvalue weighted by molar-refractivity contribution is 0.605. The summed E-state index contributed by atoms with van der Waals surface area (Å²) in [6.07, 6.45) is 5.51. The SMILES string of the molecule is CCCNc1nc(N(C)C(C)C2CC2)c2cn[nH]c2n1. The highest BCUT2D eigenvalue weighted by atomic mass is 15.3. The van der Waals surface area contributed by atoms with Gasteiger partial charge in [0.15, 0.2) is 5.65 Å². The molecule has 1 aliphatic carbocycles. The third-order valence-corrected chi connectivity index (χ3v) is 4.07. The Morgan fingerprint density at radius 2 is 2.25 bits per heavy atom. The topological polar surface area (TPSA) is 69.7 Å². The molecule has 6 heteroatoms. The Kier molecular flexibility index (Phi) is 3.46. The Balaban J connectivity index is 1.95. The summed E-state index contributed by atoms with van der Waals surface area (Å²) in [5.41, 5.74) is 0.795. The van der Waals surface area contributed by atoms with Crippen LogP contribution in [0.5, 0.6) is 0 Å². The summed E-state index contributed by atoms with van der Waals surface area (Å²) in [5, 5.41) is 11.3.